The lowest BCUT2D eigenvalue weighted by molar-refractivity contribution is -0.136. The molecule has 0 spiro atoms. The quantitative estimate of drug-likeness (QED) is 0.0963. The van der Waals surface area contributed by atoms with E-state index in [4.69, 9.17) is 14.2 Å². The van der Waals surface area contributed by atoms with E-state index in [1.54, 1.807) is 49.4 Å². The van der Waals surface area contributed by atoms with Crippen LogP contribution in [0.25, 0.3) is 10.6 Å². The molecule has 2 amide bonds. The third-order valence-electron chi connectivity index (χ3n) is 5.12. The van der Waals surface area contributed by atoms with Crippen LogP contribution in [0.5, 0.6) is 17.2 Å². The number of ether oxygens (including phenoxy) is 3. The maximum absolute atomic E-state index is 12.6. The van der Waals surface area contributed by atoms with Crippen LogP contribution in [-0.2, 0) is 9.59 Å². The summed E-state index contributed by atoms with van der Waals surface area (Å²) in [6.45, 7) is 4.51. The number of esters is 1. The van der Waals surface area contributed by atoms with Crippen LogP contribution < -0.4 is 25.0 Å². The van der Waals surface area contributed by atoms with E-state index in [0.717, 1.165) is 16.9 Å². The molecule has 0 radical (unpaired) electrons. The van der Waals surface area contributed by atoms with Crippen molar-refractivity contribution in [1.82, 2.24) is 15.6 Å². The summed E-state index contributed by atoms with van der Waals surface area (Å²) in [6, 6.07) is 20.7. The first-order valence-corrected chi connectivity index (χ1v) is 13.0. The first kappa shape index (κ1) is 27.9. The number of carbonyl (C=O) groups excluding carboxylic acids is 3. The Kier molecular flexibility index (Phi) is 9.51. The highest BCUT2D eigenvalue weighted by molar-refractivity contribution is 7.18. The normalized spacial score (nSPS) is 10.7. The minimum atomic E-state index is -0.987. The van der Waals surface area contributed by atoms with Gasteiger partial charge in [-0.2, -0.15) is 5.10 Å². The SMILES string of the molecule is CCOc1ccc(C(=O)Oc2ccc(C=NNC(=O)C(=O)Nc3nnc(-c4ccccc4)s3)cc2OCC)cc1. The van der Waals surface area contributed by atoms with Gasteiger partial charge in [0.2, 0.25) is 5.13 Å². The van der Waals surface area contributed by atoms with Crippen LogP contribution in [0.4, 0.5) is 5.13 Å². The Balaban J connectivity index is 1.34. The first-order chi connectivity index (χ1) is 19.5. The lowest BCUT2D eigenvalue weighted by Gasteiger charge is -2.11. The highest BCUT2D eigenvalue weighted by atomic mass is 32.1. The van der Waals surface area contributed by atoms with Crippen molar-refractivity contribution >= 4 is 40.5 Å². The van der Waals surface area contributed by atoms with Crippen molar-refractivity contribution in [2.75, 3.05) is 18.5 Å². The molecular formula is C28H25N5O6S. The Morgan fingerprint density at radius 3 is 2.35 bits per heavy atom. The van der Waals surface area contributed by atoms with Crippen molar-refractivity contribution < 1.29 is 28.6 Å². The summed E-state index contributed by atoms with van der Waals surface area (Å²) in [5.74, 6) is -1.32. The van der Waals surface area contributed by atoms with Crippen LogP contribution in [0.3, 0.4) is 0 Å². The van der Waals surface area contributed by atoms with Gasteiger partial charge in [0, 0.05) is 5.56 Å². The molecule has 12 heteroatoms. The second-order valence-corrected chi connectivity index (χ2v) is 8.90. The molecule has 0 unspecified atom stereocenters. The number of hydrogen-bond donors (Lipinski definition) is 2. The zero-order valence-corrected chi connectivity index (χ0v) is 22.4. The van der Waals surface area contributed by atoms with Crippen molar-refractivity contribution in [1.29, 1.82) is 0 Å². The molecule has 4 rings (SSSR count). The van der Waals surface area contributed by atoms with Gasteiger partial charge in [-0.25, -0.2) is 10.2 Å². The second kappa shape index (κ2) is 13.6. The third-order valence-corrected chi connectivity index (χ3v) is 6.01. The molecule has 0 aliphatic heterocycles. The molecule has 0 saturated carbocycles. The summed E-state index contributed by atoms with van der Waals surface area (Å²) >= 11 is 1.14. The van der Waals surface area contributed by atoms with E-state index in [9.17, 15) is 14.4 Å². The van der Waals surface area contributed by atoms with Crippen LogP contribution in [0.2, 0.25) is 0 Å². The van der Waals surface area contributed by atoms with Crippen molar-refractivity contribution in [3.63, 3.8) is 0 Å². The zero-order valence-electron chi connectivity index (χ0n) is 21.6. The third kappa shape index (κ3) is 7.48. The molecule has 0 fully saturated rings. The van der Waals surface area contributed by atoms with Crippen molar-refractivity contribution in [2.24, 2.45) is 5.10 Å². The minimum Gasteiger partial charge on any atom is -0.494 e. The highest BCUT2D eigenvalue weighted by Crippen LogP contribution is 2.29. The van der Waals surface area contributed by atoms with Gasteiger partial charge >= 0.3 is 17.8 Å². The lowest BCUT2D eigenvalue weighted by Crippen LogP contribution is -2.32. The topological polar surface area (TPSA) is 141 Å². The zero-order chi connectivity index (χ0) is 28.3. The fourth-order valence-corrected chi connectivity index (χ4v) is 4.06. The molecular weight excluding hydrogens is 534 g/mol. The van der Waals surface area contributed by atoms with Gasteiger partial charge in [-0.05, 0) is 61.9 Å². The smallest absolute Gasteiger partial charge is 0.343 e. The molecule has 1 heterocycles. The average Bonchev–Trinajstić information content (AvgIpc) is 3.44. The average molecular weight is 560 g/mol. The van der Waals surface area contributed by atoms with E-state index in [-0.39, 0.29) is 10.9 Å². The van der Waals surface area contributed by atoms with Crippen molar-refractivity contribution in [2.45, 2.75) is 13.8 Å². The Morgan fingerprint density at radius 2 is 1.62 bits per heavy atom. The first-order valence-electron chi connectivity index (χ1n) is 12.2. The number of nitrogens with one attached hydrogen (secondary N) is 2. The van der Waals surface area contributed by atoms with Crippen molar-refractivity contribution in [3.05, 3.63) is 83.9 Å². The fraction of sp³-hybridized carbons (Fsp3) is 0.143. The van der Waals surface area contributed by atoms with Gasteiger partial charge in [-0.15, -0.1) is 10.2 Å². The molecule has 0 saturated heterocycles. The number of rotatable bonds is 10. The van der Waals surface area contributed by atoms with E-state index in [1.165, 1.54) is 6.21 Å². The van der Waals surface area contributed by atoms with Crippen LogP contribution in [0.1, 0.15) is 29.8 Å². The lowest BCUT2D eigenvalue weighted by atomic mass is 10.2. The Hall–Kier alpha value is -5.10. The van der Waals surface area contributed by atoms with E-state index >= 15 is 0 Å². The molecule has 204 valence electrons. The predicted octanol–water partition coefficient (Wildman–Crippen LogP) is 4.31. The molecule has 2 N–H and O–H groups in total. The summed E-state index contributed by atoms with van der Waals surface area (Å²) in [4.78, 5) is 37.0. The van der Waals surface area contributed by atoms with Crippen LogP contribution in [-0.4, -0.2) is 47.4 Å². The van der Waals surface area contributed by atoms with E-state index < -0.39 is 17.8 Å². The fourth-order valence-electron chi connectivity index (χ4n) is 3.31. The molecule has 3 aromatic carbocycles. The summed E-state index contributed by atoms with van der Waals surface area (Å²) < 4.78 is 16.5. The summed E-state index contributed by atoms with van der Waals surface area (Å²) in [5, 5.41) is 14.9. The van der Waals surface area contributed by atoms with Crippen LogP contribution in [0, 0.1) is 0 Å². The number of nitrogens with zero attached hydrogens (tertiary/aromatic N) is 3. The number of carbonyl (C=O) groups is 3. The van der Waals surface area contributed by atoms with Gasteiger partial charge < -0.3 is 14.2 Å². The molecule has 4 aromatic rings. The molecule has 40 heavy (non-hydrogen) atoms. The number of aromatic nitrogens is 2. The molecule has 0 aliphatic rings. The number of amides is 2. The van der Waals surface area contributed by atoms with Gasteiger partial charge in [-0.3, -0.25) is 14.9 Å². The predicted molar refractivity (Wildman–Crippen MR) is 150 cm³/mol. The van der Waals surface area contributed by atoms with Gasteiger partial charge in [0.25, 0.3) is 0 Å². The van der Waals surface area contributed by atoms with E-state index in [2.05, 4.69) is 26.0 Å². The summed E-state index contributed by atoms with van der Waals surface area (Å²) in [5.41, 5.74) is 3.89. The van der Waals surface area contributed by atoms with E-state index in [1.807, 2.05) is 37.3 Å². The maximum Gasteiger partial charge on any atom is 0.343 e. The summed E-state index contributed by atoms with van der Waals surface area (Å²) in [6.07, 6.45) is 1.32. The Morgan fingerprint density at radius 1 is 0.875 bits per heavy atom. The Labute approximate surface area is 233 Å². The second-order valence-electron chi connectivity index (χ2n) is 7.92. The number of anilines is 1. The summed E-state index contributed by atoms with van der Waals surface area (Å²) in [7, 11) is 0. The van der Waals surface area contributed by atoms with Gasteiger partial charge in [0.05, 0.1) is 25.0 Å². The van der Waals surface area contributed by atoms with Crippen LogP contribution >= 0.6 is 11.3 Å². The Bertz CT molecular complexity index is 1510. The molecule has 0 atom stereocenters. The van der Waals surface area contributed by atoms with Gasteiger partial charge in [0.1, 0.15) is 10.8 Å². The standard InChI is InChI=1S/C28H25N5O6S/c1-3-37-21-13-11-20(12-14-21)27(36)39-22-15-10-18(16-23(22)38-4-2)17-29-31-25(35)24(34)30-28-33-32-26(40-28)19-8-6-5-7-9-19/h5-17H,3-4H2,1-2H3,(H,31,35)(H,30,33,34). The number of hydrazone groups is 1. The molecule has 0 aliphatic carbocycles. The van der Waals surface area contributed by atoms with Crippen LogP contribution in [0.15, 0.2) is 77.9 Å². The molecule has 11 nitrogen and oxygen atoms in total. The maximum atomic E-state index is 12.6. The number of hydrogen-bond acceptors (Lipinski definition) is 10. The highest BCUT2D eigenvalue weighted by Gasteiger charge is 2.17. The van der Waals surface area contributed by atoms with E-state index in [0.29, 0.717) is 40.8 Å². The largest absolute Gasteiger partial charge is 0.494 e. The van der Waals surface area contributed by atoms with Crippen molar-refractivity contribution in [3.8, 4) is 27.8 Å². The number of benzene rings is 3. The molecule has 0 bridgehead atoms. The molecule has 1 aromatic heterocycles. The van der Waals surface area contributed by atoms with Gasteiger partial charge in [-0.1, -0.05) is 41.7 Å². The minimum absolute atomic E-state index is 0.180. The van der Waals surface area contributed by atoms with Gasteiger partial charge in [0.15, 0.2) is 11.5 Å². The monoisotopic (exact) mass is 559 g/mol.